The molecule has 30 heavy (non-hydrogen) atoms. The normalized spacial score (nSPS) is 24.5. The number of hydrogen-bond donors (Lipinski definition) is 0. The zero-order valence-electron chi connectivity index (χ0n) is 18.4. The number of aryl methyl sites for hydroxylation is 1. The molecule has 1 fully saturated rings. The average molecular weight is 418 g/mol. The highest BCUT2D eigenvalue weighted by Crippen LogP contribution is 2.51. The van der Waals surface area contributed by atoms with E-state index >= 15 is 0 Å². The second kappa shape index (κ2) is 8.30. The number of rotatable bonds is 5. The van der Waals surface area contributed by atoms with E-state index in [0.29, 0.717) is 5.92 Å². The van der Waals surface area contributed by atoms with Crippen molar-refractivity contribution >= 4 is 16.9 Å². The van der Waals surface area contributed by atoms with Crippen molar-refractivity contribution in [2.24, 2.45) is 17.8 Å². The van der Waals surface area contributed by atoms with E-state index in [4.69, 9.17) is 4.98 Å². The van der Waals surface area contributed by atoms with Gasteiger partial charge in [0.05, 0.1) is 5.69 Å². The lowest BCUT2D eigenvalue weighted by molar-refractivity contribution is 0.423. The fourth-order valence-corrected chi connectivity index (χ4v) is 6.80. The molecule has 1 nitrogen and oxygen atoms in total. The van der Waals surface area contributed by atoms with Crippen LogP contribution >= 0.6 is 11.3 Å². The van der Waals surface area contributed by atoms with Crippen molar-refractivity contribution in [3.63, 3.8) is 0 Å². The first-order valence-corrected chi connectivity index (χ1v) is 12.7. The minimum absolute atomic E-state index is 0. The largest absolute Gasteiger partial charge is 0.236 e. The summed E-state index contributed by atoms with van der Waals surface area (Å²) in [5, 5.41) is 3.45. The van der Waals surface area contributed by atoms with Gasteiger partial charge in [0.2, 0.25) is 0 Å². The zero-order valence-corrected chi connectivity index (χ0v) is 19.2. The summed E-state index contributed by atoms with van der Waals surface area (Å²) < 4.78 is 0. The van der Waals surface area contributed by atoms with Gasteiger partial charge in [-0.05, 0) is 66.4 Å². The van der Waals surface area contributed by atoms with Crippen LogP contribution < -0.4 is 0 Å². The van der Waals surface area contributed by atoms with Gasteiger partial charge in [-0.3, -0.25) is 0 Å². The Bertz CT molecular complexity index is 1020. The standard InChI is InChI=1S/C28H33NS.H2/c1-4-20-13-19(3)23-16-26(25(24(23)14-20)15-21-10-6-7-11-21)27-17-30-28(29-27)22-12-8-5-9-18(22)2;/h5,8-9,12,16-17,20-21,25H,3-4,6-7,10-11,13-15H2,1-2H3;1H. The zero-order chi connectivity index (χ0) is 20.7. The fourth-order valence-electron chi connectivity index (χ4n) is 5.88. The Morgan fingerprint density at radius 2 is 1.93 bits per heavy atom. The van der Waals surface area contributed by atoms with Gasteiger partial charge in [0.25, 0.3) is 0 Å². The maximum atomic E-state index is 5.16. The van der Waals surface area contributed by atoms with E-state index in [2.05, 4.69) is 56.1 Å². The summed E-state index contributed by atoms with van der Waals surface area (Å²) in [4.78, 5) is 5.16. The highest BCUT2D eigenvalue weighted by atomic mass is 32.1. The molecule has 0 spiro atoms. The van der Waals surface area contributed by atoms with Crippen LogP contribution in [-0.4, -0.2) is 4.98 Å². The van der Waals surface area contributed by atoms with Gasteiger partial charge >= 0.3 is 0 Å². The van der Waals surface area contributed by atoms with Gasteiger partial charge < -0.3 is 0 Å². The topological polar surface area (TPSA) is 12.9 Å². The molecule has 2 unspecified atom stereocenters. The molecule has 1 aromatic carbocycles. The molecule has 3 aliphatic rings. The quantitative estimate of drug-likeness (QED) is 0.474. The van der Waals surface area contributed by atoms with Crippen LogP contribution in [0.15, 0.2) is 59.0 Å². The molecule has 158 valence electrons. The van der Waals surface area contributed by atoms with Crippen LogP contribution in [0.25, 0.3) is 16.1 Å². The summed E-state index contributed by atoms with van der Waals surface area (Å²) in [6.45, 7) is 9.02. The van der Waals surface area contributed by atoms with Crippen LogP contribution in [0.3, 0.4) is 0 Å². The molecule has 1 heterocycles. The molecule has 1 saturated carbocycles. The van der Waals surface area contributed by atoms with Gasteiger partial charge in [-0.2, -0.15) is 0 Å². The van der Waals surface area contributed by atoms with E-state index in [-0.39, 0.29) is 1.43 Å². The molecule has 2 heteroatoms. The summed E-state index contributed by atoms with van der Waals surface area (Å²) in [5.74, 6) is 2.21. The Labute approximate surface area is 187 Å². The first-order valence-electron chi connectivity index (χ1n) is 11.8. The molecule has 0 amide bonds. The number of hydrogen-bond acceptors (Lipinski definition) is 2. The smallest absolute Gasteiger partial charge is 0.124 e. The van der Waals surface area contributed by atoms with Gasteiger partial charge in [-0.25, -0.2) is 4.98 Å². The van der Waals surface area contributed by atoms with Gasteiger partial charge in [0, 0.05) is 18.3 Å². The third-order valence-corrected chi connectivity index (χ3v) is 8.54. The Kier molecular flexibility index (Phi) is 5.54. The number of allylic oxidation sites excluding steroid dienone is 5. The number of nitrogens with zero attached hydrogens (tertiary/aromatic N) is 1. The summed E-state index contributed by atoms with van der Waals surface area (Å²) in [7, 11) is 0. The Hall–Kier alpha value is -1.93. The molecule has 2 atom stereocenters. The third kappa shape index (κ3) is 3.64. The second-order valence-electron chi connectivity index (χ2n) is 9.62. The Morgan fingerprint density at radius 1 is 1.13 bits per heavy atom. The second-order valence-corrected chi connectivity index (χ2v) is 10.5. The van der Waals surface area contributed by atoms with Crippen LogP contribution in [0.1, 0.15) is 71.0 Å². The molecule has 3 aliphatic carbocycles. The number of benzene rings is 1. The predicted octanol–water partition coefficient (Wildman–Crippen LogP) is 8.63. The number of aromatic nitrogens is 1. The summed E-state index contributed by atoms with van der Waals surface area (Å²) in [6.07, 6.45) is 13.1. The number of thiazole rings is 1. The van der Waals surface area contributed by atoms with Gasteiger partial charge in [0.15, 0.2) is 0 Å². The summed E-state index contributed by atoms with van der Waals surface area (Å²) >= 11 is 1.79. The lowest BCUT2D eigenvalue weighted by atomic mass is 9.75. The van der Waals surface area contributed by atoms with Crippen LogP contribution in [0.4, 0.5) is 0 Å². The van der Waals surface area contributed by atoms with E-state index in [9.17, 15) is 0 Å². The van der Waals surface area contributed by atoms with Gasteiger partial charge in [0.1, 0.15) is 5.01 Å². The van der Waals surface area contributed by atoms with Crippen molar-refractivity contribution in [2.45, 2.75) is 65.2 Å². The van der Waals surface area contributed by atoms with Crippen LogP contribution in [-0.2, 0) is 0 Å². The molecule has 5 rings (SSSR count). The lowest BCUT2D eigenvalue weighted by Crippen LogP contribution is -2.16. The van der Waals surface area contributed by atoms with Crippen molar-refractivity contribution in [3.05, 3.63) is 70.3 Å². The van der Waals surface area contributed by atoms with Crippen molar-refractivity contribution in [1.29, 1.82) is 0 Å². The minimum Gasteiger partial charge on any atom is -0.236 e. The van der Waals surface area contributed by atoms with Crippen molar-refractivity contribution in [1.82, 2.24) is 4.98 Å². The van der Waals surface area contributed by atoms with Crippen LogP contribution in [0, 0.1) is 24.7 Å². The maximum absolute atomic E-state index is 5.16. The van der Waals surface area contributed by atoms with E-state index in [1.165, 1.54) is 84.9 Å². The average Bonchev–Trinajstić information content (AvgIpc) is 3.49. The van der Waals surface area contributed by atoms with E-state index < -0.39 is 0 Å². The molecule has 0 radical (unpaired) electrons. The Balaban J connectivity index is 0.00000231. The van der Waals surface area contributed by atoms with Crippen LogP contribution in [0.5, 0.6) is 0 Å². The molecule has 0 bridgehead atoms. The molecular formula is C28H35NS. The molecule has 1 aromatic heterocycles. The summed E-state index contributed by atoms with van der Waals surface area (Å²) in [6, 6.07) is 8.62. The first-order chi connectivity index (χ1) is 14.6. The monoisotopic (exact) mass is 417 g/mol. The summed E-state index contributed by atoms with van der Waals surface area (Å²) in [5.41, 5.74) is 9.78. The minimum atomic E-state index is 0. The van der Waals surface area contributed by atoms with Crippen molar-refractivity contribution in [2.75, 3.05) is 0 Å². The lowest BCUT2D eigenvalue weighted by Gasteiger charge is -2.29. The maximum Gasteiger partial charge on any atom is 0.124 e. The Morgan fingerprint density at radius 3 is 2.70 bits per heavy atom. The van der Waals surface area contributed by atoms with E-state index in [0.717, 1.165) is 16.8 Å². The van der Waals surface area contributed by atoms with Gasteiger partial charge in [-0.1, -0.05) is 75.4 Å². The molecule has 0 aliphatic heterocycles. The SMILES string of the molecule is C=C1CC(CC)CC2=C1C=C(c1csc(-c3ccccc3C)n1)C2CC1CCCC1.[HH]. The molecular weight excluding hydrogens is 382 g/mol. The molecule has 2 aromatic rings. The van der Waals surface area contributed by atoms with Crippen LogP contribution in [0.2, 0.25) is 0 Å². The third-order valence-electron chi connectivity index (χ3n) is 7.66. The van der Waals surface area contributed by atoms with Crippen molar-refractivity contribution in [3.8, 4) is 10.6 Å². The first kappa shape index (κ1) is 20.0. The molecule has 0 N–H and O–H groups in total. The predicted molar refractivity (Wildman–Crippen MR) is 132 cm³/mol. The highest BCUT2D eigenvalue weighted by molar-refractivity contribution is 7.13. The fraction of sp³-hybridized carbons (Fsp3) is 0.464. The van der Waals surface area contributed by atoms with E-state index in [1.807, 2.05) is 0 Å². The van der Waals surface area contributed by atoms with E-state index in [1.54, 1.807) is 16.9 Å². The highest BCUT2D eigenvalue weighted by Gasteiger charge is 2.36. The van der Waals surface area contributed by atoms with Crippen molar-refractivity contribution < 1.29 is 1.43 Å². The molecule has 0 saturated heterocycles. The van der Waals surface area contributed by atoms with Gasteiger partial charge in [-0.15, -0.1) is 11.3 Å².